The van der Waals surface area contributed by atoms with Crippen LogP contribution in [0.4, 0.5) is 11.6 Å². The first-order chi connectivity index (χ1) is 9.20. The highest BCUT2D eigenvalue weighted by atomic mass is 35.5. The van der Waals surface area contributed by atoms with Crippen molar-refractivity contribution in [2.24, 2.45) is 5.92 Å². The van der Waals surface area contributed by atoms with E-state index in [-0.39, 0.29) is 0 Å². The van der Waals surface area contributed by atoms with Crippen LogP contribution in [0, 0.1) is 5.92 Å². The molecule has 1 fully saturated rings. The first-order valence-electron chi connectivity index (χ1n) is 6.62. The molecule has 106 valence electrons. The maximum atomic E-state index is 6.18. The molecule has 6 heteroatoms. The Kier molecular flexibility index (Phi) is 5.92. The standard InChI is InChI=1S/C13H19Cl2N3S/c1-2-4-16-12-10(14)6-11(15)13(18-12)17-7-9-3-5-19-8-9/h6,9H,2-5,7-8H2,1H3,(H2,16,17,18). The van der Waals surface area contributed by atoms with Gasteiger partial charge in [-0.3, -0.25) is 0 Å². The Morgan fingerprint density at radius 1 is 1.32 bits per heavy atom. The van der Waals surface area contributed by atoms with Gasteiger partial charge in [-0.25, -0.2) is 4.98 Å². The molecule has 2 rings (SSSR count). The van der Waals surface area contributed by atoms with Crippen LogP contribution in [-0.4, -0.2) is 29.6 Å². The van der Waals surface area contributed by atoms with Crippen molar-refractivity contribution >= 4 is 46.6 Å². The molecule has 1 saturated heterocycles. The maximum absolute atomic E-state index is 6.18. The van der Waals surface area contributed by atoms with E-state index < -0.39 is 0 Å². The summed E-state index contributed by atoms with van der Waals surface area (Å²) in [5.74, 6) is 4.62. The zero-order chi connectivity index (χ0) is 13.7. The van der Waals surface area contributed by atoms with Gasteiger partial charge in [0.2, 0.25) is 0 Å². The Morgan fingerprint density at radius 3 is 2.68 bits per heavy atom. The van der Waals surface area contributed by atoms with Crippen molar-refractivity contribution in [1.29, 1.82) is 0 Å². The molecule has 0 amide bonds. The molecule has 1 atom stereocenters. The molecule has 0 radical (unpaired) electrons. The van der Waals surface area contributed by atoms with E-state index in [1.165, 1.54) is 17.9 Å². The Balaban J connectivity index is 2.01. The Hall–Kier alpha value is -0.320. The number of hydrogen-bond acceptors (Lipinski definition) is 4. The smallest absolute Gasteiger partial charge is 0.147 e. The van der Waals surface area contributed by atoms with Crippen molar-refractivity contribution in [3.8, 4) is 0 Å². The second kappa shape index (κ2) is 7.46. The molecule has 2 N–H and O–H groups in total. The van der Waals surface area contributed by atoms with Gasteiger partial charge in [-0.05, 0) is 36.3 Å². The number of aromatic nitrogens is 1. The molecule has 19 heavy (non-hydrogen) atoms. The highest BCUT2D eigenvalue weighted by molar-refractivity contribution is 7.99. The summed E-state index contributed by atoms with van der Waals surface area (Å²) in [6, 6.07) is 1.75. The third-order valence-electron chi connectivity index (χ3n) is 3.05. The molecule has 3 nitrogen and oxygen atoms in total. The highest BCUT2D eigenvalue weighted by Crippen LogP contribution is 2.30. The van der Waals surface area contributed by atoms with E-state index in [2.05, 4.69) is 22.5 Å². The van der Waals surface area contributed by atoms with Gasteiger partial charge in [0, 0.05) is 13.1 Å². The minimum atomic E-state index is 0.570. The molecule has 1 aliphatic rings. The Labute approximate surface area is 128 Å². The zero-order valence-corrected chi connectivity index (χ0v) is 13.3. The van der Waals surface area contributed by atoms with Crippen LogP contribution in [0.5, 0.6) is 0 Å². The van der Waals surface area contributed by atoms with Gasteiger partial charge in [0.1, 0.15) is 11.6 Å². The number of nitrogens with one attached hydrogen (secondary N) is 2. The summed E-state index contributed by atoms with van der Waals surface area (Å²) in [5.41, 5.74) is 0. The number of anilines is 2. The van der Waals surface area contributed by atoms with Crippen molar-refractivity contribution in [1.82, 2.24) is 4.98 Å². The van der Waals surface area contributed by atoms with E-state index in [0.717, 1.165) is 25.3 Å². The van der Waals surface area contributed by atoms with Crippen LogP contribution in [0.15, 0.2) is 6.07 Å². The molecular weight excluding hydrogens is 301 g/mol. The second-order valence-electron chi connectivity index (χ2n) is 4.69. The Bertz CT molecular complexity index is 423. The maximum Gasteiger partial charge on any atom is 0.147 e. The van der Waals surface area contributed by atoms with Crippen LogP contribution in [0.2, 0.25) is 10.0 Å². The first kappa shape index (κ1) is 15.1. The van der Waals surface area contributed by atoms with Gasteiger partial charge in [-0.1, -0.05) is 30.1 Å². The average molecular weight is 320 g/mol. The van der Waals surface area contributed by atoms with Crippen LogP contribution >= 0.6 is 35.0 Å². The molecule has 1 aliphatic heterocycles. The lowest BCUT2D eigenvalue weighted by atomic mass is 10.1. The SMILES string of the molecule is CCCNc1nc(NCC2CCSC2)c(Cl)cc1Cl. The fourth-order valence-corrected chi connectivity index (χ4v) is 3.72. The van der Waals surface area contributed by atoms with Crippen LogP contribution in [0.3, 0.4) is 0 Å². The second-order valence-corrected chi connectivity index (χ2v) is 6.65. The molecule has 0 spiro atoms. The van der Waals surface area contributed by atoms with Gasteiger partial charge in [-0.2, -0.15) is 11.8 Å². The zero-order valence-electron chi connectivity index (χ0n) is 11.0. The summed E-state index contributed by atoms with van der Waals surface area (Å²) >= 11 is 14.3. The molecule has 0 saturated carbocycles. The van der Waals surface area contributed by atoms with Crippen molar-refractivity contribution in [2.45, 2.75) is 19.8 Å². The quantitative estimate of drug-likeness (QED) is 0.816. The van der Waals surface area contributed by atoms with Crippen LogP contribution < -0.4 is 10.6 Å². The predicted molar refractivity (Wildman–Crippen MR) is 87.0 cm³/mol. The van der Waals surface area contributed by atoms with Crippen molar-refractivity contribution in [3.05, 3.63) is 16.1 Å². The predicted octanol–water partition coefficient (Wildman–Crippen LogP) is 4.38. The first-order valence-corrected chi connectivity index (χ1v) is 8.53. The summed E-state index contributed by atoms with van der Waals surface area (Å²) in [6.45, 7) is 3.88. The third-order valence-corrected chi connectivity index (χ3v) is 4.86. The van der Waals surface area contributed by atoms with Gasteiger partial charge in [0.05, 0.1) is 10.0 Å². The topological polar surface area (TPSA) is 37.0 Å². The highest BCUT2D eigenvalue weighted by Gasteiger charge is 2.16. The average Bonchev–Trinajstić information content (AvgIpc) is 2.90. The number of hydrogen-bond donors (Lipinski definition) is 2. The van der Waals surface area contributed by atoms with Gasteiger partial charge >= 0.3 is 0 Å². The normalized spacial score (nSPS) is 18.6. The molecule has 0 aromatic carbocycles. The lowest BCUT2D eigenvalue weighted by molar-refractivity contribution is 0.630. The monoisotopic (exact) mass is 319 g/mol. The summed E-state index contributed by atoms with van der Waals surface area (Å²) in [6.07, 6.45) is 2.30. The summed E-state index contributed by atoms with van der Waals surface area (Å²) in [7, 11) is 0. The minimum absolute atomic E-state index is 0.570. The van der Waals surface area contributed by atoms with Crippen LogP contribution in [0.1, 0.15) is 19.8 Å². The molecule has 0 bridgehead atoms. The minimum Gasteiger partial charge on any atom is -0.369 e. The number of thioether (sulfide) groups is 1. The number of pyridine rings is 1. The van der Waals surface area contributed by atoms with Gasteiger partial charge in [0.25, 0.3) is 0 Å². The van der Waals surface area contributed by atoms with Gasteiger partial charge < -0.3 is 10.6 Å². The van der Waals surface area contributed by atoms with Crippen molar-refractivity contribution < 1.29 is 0 Å². The third kappa shape index (κ3) is 4.33. The van der Waals surface area contributed by atoms with Crippen molar-refractivity contribution in [3.63, 3.8) is 0 Å². The van der Waals surface area contributed by atoms with Crippen LogP contribution in [-0.2, 0) is 0 Å². The van der Waals surface area contributed by atoms with E-state index >= 15 is 0 Å². The van der Waals surface area contributed by atoms with Gasteiger partial charge in [-0.15, -0.1) is 0 Å². The van der Waals surface area contributed by atoms with Crippen LogP contribution in [0.25, 0.3) is 0 Å². The molecular formula is C13H19Cl2N3S. The van der Waals surface area contributed by atoms with Crippen molar-refractivity contribution in [2.75, 3.05) is 35.2 Å². The summed E-state index contributed by atoms with van der Waals surface area (Å²) in [4.78, 5) is 4.48. The van der Waals surface area contributed by atoms with Gasteiger partial charge in [0.15, 0.2) is 0 Å². The Morgan fingerprint density at radius 2 is 2.05 bits per heavy atom. The summed E-state index contributed by atoms with van der Waals surface area (Å²) in [5, 5.41) is 7.71. The number of halogens is 2. The largest absolute Gasteiger partial charge is 0.369 e. The molecule has 2 heterocycles. The number of rotatable bonds is 6. The van der Waals surface area contributed by atoms with E-state index in [1.807, 2.05) is 11.8 Å². The lowest BCUT2D eigenvalue weighted by Crippen LogP contribution is -2.15. The fourth-order valence-electron chi connectivity index (χ4n) is 1.94. The van der Waals surface area contributed by atoms with E-state index in [9.17, 15) is 0 Å². The lowest BCUT2D eigenvalue weighted by Gasteiger charge is -2.14. The van der Waals surface area contributed by atoms with E-state index in [4.69, 9.17) is 23.2 Å². The molecule has 1 aromatic heterocycles. The molecule has 1 aromatic rings. The molecule has 1 unspecified atom stereocenters. The number of nitrogens with zero attached hydrogens (tertiary/aromatic N) is 1. The fraction of sp³-hybridized carbons (Fsp3) is 0.615. The summed E-state index contributed by atoms with van der Waals surface area (Å²) < 4.78 is 0. The van der Waals surface area contributed by atoms with E-state index in [0.29, 0.717) is 21.8 Å². The van der Waals surface area contributed by atoms with E-state index in [1.54, 1.807) is 6.07 Å². The molecule has 0 aliphatic carbocycles.